The summed E-state index contributed by atoms with van der Waals surface area (Å²) in [7, 11) is 0. The summed E-state index contributed by atoms with van der Waals surface area (Å²) in [6.07, 6.45) is -8.81. The molecular weight excluding hydrogens is 253 g/mol. The Morgan fingerprint density at radius 2 is 1.94 bits per heavy atom. The Balaban J connectivity index is 3.41. The van der Waals surface area contributed by atoms with Gasteiger partial charge >= 0.3 is 6.36 Å². The smallest absolute Gasteiger partial charge is 0.389 e. The van der Waals surface area contributed by atoms with Crippen molar-refractivity contribution in [1.29, 1.82) is 0 Å². The molecule has 1 aromatic rings. The Hall–Kier alpha value is -1.93. The Morgan fingerprint density at radius 3 is 2.35 bits per heavy atom. The van der Waals surface area contributed by atoms with Gasteiger partial charge in [-0.1, -0.05) is 0 Å². The number of rotatable bonds is 3. The van der Waals surface area contributed by atoms with Gasteiger partial charge in [0.15, 0.2) is 6.29 Å². The molecule has 1 heterocycles. The van der Waals surface area contributed by atoms with Crippen molar-refractivity contribution in [3.63, 3.8) is 0 Å². The molecule has 0 bridgehead atoms. The molecular formula is C8H4F5NO3. The predicted octanol–water partition coefficient (Wildman–Crippen LogP) is 2.02. The first kappa shape index (κ1) is 13.1. The summed E-state index contributed by atoms with van der Waals surface area (Å²) < 4.78 is 63.8. The lowest BCUT2D eigenvalue weighted by Gasteiger charge is -2.13. The SMILES string of the molecule is O=Cc1cc(=O)[nH]c(OC(F)(F)F)c1C(F)F. The lowest BCUT2D eigenvalue weighted by Crippen LogP contribution is -2.22. The van der Waals surface area contributed by atoms with E-state index in [0.717, 1.165) is 0 Å². The second-order valence-electron chi connectivity index (χ2n) is 2.80. The summed E-state index contributed by atoms with van der Waals surface area (Å²) in [4.78, 5) is 22.7. The molecule has 0 aliphatic carbocycles. The topological polar surface area (TPSA) is 59.2 Å². The summed E-state index contributed by atoms with van der Waals surface area (Å²) >= 11 is 0. The summed E-state index contributed by atoms with van der Waals surface area (Å²) in [5, 5.41) is 0. The number of aldehydes is 1. The lowest BCUT2D eigenvalue weighted by molar-refractivity contribution is -0.276. The Bertz CT molecular complexity index is 479. The molecule has 4 nitrogen and oxygen atoms in total. The van der Waals surface area contributed by atoms with Gasteiger partial charge in [-0.2, -0.15) is 0 Å². The number of nitrogens with one attached hydrogen (secondary N) is 1. The van der Waals surface area contributed by atoms with Gasteiger partial charge in [0, 0.05) is 11.6 Å². The highest BCUT2D eigenvalue weighted by molar-refractivity contribution is 5.78. The van der Waals surface area contributed by atoms with Crippen molar-refractivity contribution in [2.45, 2.75) is 12.8 Å². The molecule has 0 fully saturated rings. The van der Waals surface area contributed by atoms with Crippen LogP contribution in [0.2, 0.25) is 0 Å². The number of pyridine rings is 1. The zero-order valence-electron chi connectivity index (χ0n) is 7.85. The Kier molecular flexibility index (Phi) is 3.49. The molecule has 1 N–H and O–H groups in total. The van der Waals surface area contributed by atoms with Crippen LogP contribution in [0.3, 0.4) is 0 Å². The number of hydrogen-bond acceptors (Lipinski definition) is 3. The van der Waals surface area contributed by atoms with Gasteiger partial charge in [0.25, 0.3) is 12.0 Å². The van der Waals surface area contributed by atoms with Gasteiger partial charge in [0.2, 0.25) is 5.88 Å². The number of hydrogen-bond donors (Lipinski definition) is 1. The minimum Gasteiger partial charge on any atom is -0.389 e. The average Bonchev–Trinajstić information content (AvgIpc) is 2.12. The average molecular weight is 257 g/mol. The summed E-state index contributed by atoms with van der Waals surface area (Å²) in [6, 6.07) is 0.456. The van der Waals surface area contributed by atoms with Crippen LogP contribution in [0, 0.1) is 0 Å². The van der Waals surface area contributed by atoms with Gasteiger partial charge in [-0.25, -0.2) is 8.78 Å². The lowest BCUT2D eigenvalue weighted by atomic mass is 10.1. The van der Waals surface area contributed by atoms with Crippen molar-refractivity contribution in [2.75, 3.05) is 0 Å². The van der Waals surface area contributed by atoms with Crippen LogP contribution in [0.1, 0.15) is 22.3 Å². The first-order valence-electron chi connectivity index (χ1n) is 4.01. The summed E-state index contributed by atoms with van der Waals surface area (Å²) in [5.41, 5.74) is -3.32. The number of carbonyl (C=O) groups excluding carboxylic acids is 1. The van der Waals surface area contributed by atoms with E-state index in [2.05, 4.69) is 4.74 Å². The number of halogens is 5. The molecule has 0 saturated carbocycles. The van der Waals surface area contributed by atoms with Gasteiger partial charge in [-0.05, 0) is 0 Å². The first-order chi connectivity index (χ1) is 7.74. The van der Waals surface area contributed by atoms with E-state index >= 15 is 0 Å². The van der Waals surface area contributed by atoms with E-state index in [1.807, 2.05) is 0 Å². The molecule has 0 aliphatic rings. The third-order valence-corrected chi connectivity index (χ3v) is 1.64. The number of alkyl halides is 5. The normalized spacial score (nSPS) is 11.6. The quantitative estimate of drug-likeness (QED) is 0.665. The van der Waals surface area contributed by atoms with E-state index < -0.39 is 35.4 Å². The van der Waals surface area contributed by atoms with Crippen molar-refractivity contribution in [2.24, 2.45) is 0 Å². The minimum absolute atomic E-state index is 0.153. The predicted molar refractivity (Wildman–Crippen MR) is 44.1 cm³/mol. The fourth-order valence-corrected chi connectivity index (χ4v) is 1.08. The van der Waals surface area contributed by atoms with Crippen LogP contribution in [0.25, 0.3) is 0 Å². The van der Waals surface area contributed by atoms with Gasteiger partial charge in [-0.15, -0.1) is 13.2 Å². The van der Waals surface area contributed by atoms with Crippen molar-refractivity contribution < 1.29 is 31.5 Å². The molecule has 0 aromatic carbocycles. The number of carbonyl (C=O) groups is 1. The Labute approximate surface area is 90.0 Å². The van der Waals surface area contributed by atoms with Crippen LogP contribution < -0.4 is 10.3 Å². The maximum absolute atomic E-state index is 12.5. The van der Waals surface area contributed by atoms with E-state index in [0.29, 0.717) is 6.07 Å². The fourth-order valence-electron chi connectivity index (χ4n) is 1.08. The van der Waals surface area contributed by atoms with Crippen molar-refractivity contribution in [3.8, 4) is 5.88 Å². The minimum atomic E-state index is -5.26. The molecule has 0 saturated heterocycles. The second-order valence-corrected chi connectivity index (χ2v) is 2.80. The van der Waals surface area contributed by atoms with Crippen LogP contribution in [-0.4, -0.2) is 17.6 Å². The molecule has 1 aromatic heterocycles. The van der Waals surface area contributed by atoms with Crippen LogP contribution in [-0.2, 0) is 0 Å². The number of aromatic nitrogens is 1. The molecule has 17 heavy (non-hydrogen) atoms. The Morgan fingerprint density at radius 1 is 1.35 bits per heavy atom. The number of H-pyrrole nitrogens is 1. The molecule has 1 rings (SSSR count). The largest absolute Gasteiger partial charge is 0.574 e. The highest BCUT2D eigenvalue weighted by atomic mass is 19.4. The van der Waals surface area contributed by atoms with Crippen LogP contribution >= 0.6 is 0 Å². The molecule has 94 valence electrons. The fraction of sp³-hybridized carbons (Fsp3) is 0.250. The third-order valence-electron chi connectivity index (χ3n) is 1.64. The molecule has 0 amide bonds. The van der Waals surface area contributed by atoms with Gasteiger partial charge in [-0.3, -0.25) is 14.6 Å². The first-order valence-corrected chi connectivity index (χ1v) is 4.01. The van der Waals surface area contributed by atoms with E-state index in [4.69, 9.17) is 0 Å². The second kappa shape index (κ2) is 4.52. The monoisotopic (exact) mass is 257 g/mol. The van der Waals surface area contributed by atoms with Crippen molar-refractivity contribution >= 4 is 6.29 Å². The third kappa shape index (κ3) is 3.26. The molecule has 0 atom stereocenters. The molecule has 0 radical (unpaired) electrons. The van der Waals surface area contributed by atoms with E-state index in [9.17, 15) is 31.5 Å². The van der Waals surface area contributed by atoms with E-state index in [1.54, 1.807) is 0 Å². The van der Waals surface area contributed by atoms with Crippen molar-refractivity contribution in [3.05, 3.63) is 27.5 Å². The van der Waals surface area contributed by atoms with Gasteiger partial charge in [0.1, 0.15) is 0 Å². The standard InChI is InChI=1S/C8H4F5NO3/c9-6(10)5-3(2-15)1-4(16)14-7(5)17-8(11,12)13/h1-2,6H,(H,14,16). The van der Waals surface area contributed by atoms with E-state index in [-0.39, 0.29) is 6.29 Å². The van der Waals surface area contributed by atoms with Crippen LogP contribution in [0.5, 0.6) is 5.88 Å². The number of aromatic amines is 1. The molecule has 0 unspecified atom stereocenters. The zero-order chi connectivity index (χ0) is 13.2. The highest BCUT2D eigenvalue weighted by Gasteiger charge is 2.34. The van der Waals surface area contributed by atoms with E-state index in [1.165, 1.54) is 4.98 Å². The van der Waals surface area contributed by atoms with Crippen LogP contribution in [0.15, 0.2) is 10.9 Å². The number of ether oxygens (including phenoxy) is 1. The zero-order valence-corrected chi connectivity index (χ0v) is 7.85. The highest BCUT2D eigenvalue weighted by Crippen LogP contribution is 2.32. The summed E-state index contributed by atoms with van der Waals surface area (Å²) in [6.45, 7) is 0. The maximum atomic E-state index is 12.5. The summed E-state index contributed by atoms with van der Waals surface area (Å²) in [5.74, 6) is -1.48. The maximum Gasteiger partial charge on any atom is 0.574 e. The molecule has 0 aliphatic heterocycles. The molecule has 0 spiro atoms. The molecule has 9 heteroatoms. The van der Waals surface area contributed by atoms with Gasteiger partial charge < -0.3 is 4.74 Å². The van der Waals surface area contributed by atoms with Gasteiger partial charge in [0.05, 0.1) is 5.56 Å². The van der Waals surface area contributed by atoms with Crippen molar-refractivity contribution in [1.82, 2.24) is 4.98 Å². The van der Waals surface area contributed by atoms with Crippen LogP contribution in [0.4, 0.5) is 22.0 Å².